The van der Waals surface area contributed by atoms with Gasteiger partial charge in [0.05, 0.1) is 0 Å². The molecule has 0 saturated heterocycles. The number of hydrogen-bond acceptors (Lipinski definition) is 1. The van der Waals surface area contributed by atoms with Crippen molar-refractivity contribution in [2.45, 2.75) is 25.1 Å². The summed E-state index contributed by atoms with van der Waals surface area (Å²) in [6.07, 6.45) is 1.25. The van der Waals surface area contributed by atoms with Gasteiger partial charge < -0.3 is 5.41 Å². The van der Waals surface area contributed by atoms with E-state index in [1.807, 2.05) is 6.92 Å². The third-order valence-electron chi connectivity index (χ3n) is 0.829. The molecular weight excluding hydrogens is 122 g/mol. The predicted octanol–water partition coefficient (Wildman–Crippen LogP) is 2.25. The summed E-state index contributed by atoms with van der Waals surface area (Å²) in [6, 6.07) is 0. The van der Waals surface area contributed by atoms with Crippen LogP contribution in [-0.2, 0) is 0 Å². The Morgan fingerprint density at radius 3 is 2.50 bits per heavy atom. The van der Waals surface area contributed by atoms with Gasteiger partial charge in [0.25, 0.3) is 0 Å². The monoisotopic (exact) mass is 132 g/mol. The van der Waals surface area contributed by atoms with Crippen molar-refractivity contribution in [3.05, 3.63) is 6.92 Å². The fraction of sp³-hybridized carbons (Fsp3) is 0.667. The summed E-state index contributed by atoms with van der Waals surface area (Å²) in [6.45, 7) is 5.44. The molecule has 1 N–H and O–H groups in total. The SMILES string of the molecule is [CH2]CC(=N)CC(C)Cl. The zero-order chi connectivity index (χ0) is 6.57. The standard InChI is InChI=1S/C6H11ClN/c1-3-6(8)4-5(2)7/h5,8H,1,3-4H2,2H3. The highest BCUT2D eigenvalue weighted by Crippen LogP contribution is 2.01. The Kier molecular flexibility index (Phi) is 3.88. The molecule has 8 heavy (non-hydrogen) atoms. The van der Waals surface area contributed by atoms with Crippen molar-refractivity contribution in [2.24, 2.45) is 0 Å². The lowest BCUT2D eigenvalue weighted by molar-refractivity contribution is 0.979. The highest BCUT2D eigenvalue weighted by molar-refractivity contribution is 6.21. The van der Waals surface area contributed by atoms with Crippen LogP contribution < -0.4 is 0 Å². The second kappa shape index (κ2) is 3.90. The summed E-state index contributed by atoms with van der Waals surface area (Å²) in [7, 11) is 0. The number of rotatable bonds is 3. The van der Waals surface area contributed by atoms with E-state index >= 15 is 0 Å². The molecule has 1 atom stereocenters. The molecule has 0 aromatic heterocycles. The lowest BCUT2D eigenvalue weighted by atomic mass is 10.2. The van der Waals surface area contributed by atoms with Gasteiger partial charge >= 0.3 is 0 Å². The van der Waals surface area contributed by atoms with Crippen LogP contribution in [0, 0.1) is 12.3 Å². The average Bonchev–Trinajstić information content (AvgIpc) is 1.65. The Bertz CT molecular complexity index is 78.6. The lowest BCUT2D eigenvalue weighted by Crippen LogP contribution is -2.01. The third-order valence-corrected chi connectivity index (χ3v) is 0.984. The second-order valence-electron chi connectivity index (χ2n) is 1.84. The highest BCUT2D eigenvalue weighted by Gasteiger charge is 1.98. The van der Waals surface area contributed by atoms with Crippen molar-refractivity contribution in [1.29, 1.82) is 5.41 Å². The number of hydrogen-bond donors (Lipinski definition) is 1. The number of halogens is 1. The quantitative estimate of drug-likeness (QED) is 0.450. The molecule has 1 unspecified atom stereocenters. The van der Waals surface area contributed by atoms with Crippen molar-refractivity contribution in [2.75, 3.05) is 0 Å². The predicted molar refractivity (Wildman–Crippen MR) is 37.6 cm³/mol. The molecule has 0 heterocycles. The zero-order valence-electron chi connectivity index (χ0n) is 5.08. The van der Waals surface area contributed by atoms with Crippen molar-refractivity contribution in [3.63, 3.8) is 0 Å². The van der Waals surface area contributed by atoms with E-state index in [1.54, 1.807) is 0 Å². The molecule has 0 aromatic carbocycles. The van der Waals surface area contributed by atoms with Gasteiger partial charge in [0.2, 0.25) is 0 Å². The lowest BCUT2D eigenvalue weighted by Gasteiger charge is -1.99. The molecule has 0 aliphatic rings. The van der Waals surface area contributed by atoms with Gasteiger partial charge in [0.1, 0.15) is 0 Å². The molecule has 0 amide bonds. The largest absolute Gasteiger partial charge is 0.310 e. The zero-order valence-corrected chi connectivity index (χ0v) is 5.83. The normalized spacial score (nSPS) is 13.4. The van der Waals surface area contributed by atoms with Gasteiger partial charge in [-0.3, -0.25) is 0 Å². The summed E-state index contributed by atoms with van der Waals surface area (Å²) in [5, 5.41) is 7.21. The topological polar surface area (TPSA) is 23.9 Å². The molecule has 0 aromatic rings. The van der Waals surface area contributed by atoms with Crippen LogP contribution in [0.3, 0.4) is 0 Å². The highest BCUT2D eigenvalue weighted by atomic mass is 35.5. The Morgan fingerprint density at radius 2 is 2.38 bits per heavy atom. The van der Waals surface area contributed by atoms with Crippen LogP contribution >= 0.6 is 11.6 Å². The molecular formula is C6H11ClN. The van der Waals surface area contributed by atoms with E-state index in [4.69, 9.17) is 17.0 Å². The van der Waals surface area contributed by atoms with Crippen LogP contribution in [0.25, 0.3) is 0 Å². The Hall–Kier alpha value is -0.0400. The van der Waals surface area contributed by atoms with Gasteiger partial charge in [-0.05, 0) is 20.3 Å². The van der Waals surface area contributed by atoms with Crippen LogP contribution in [0.2, 0.25) is 0 Å². The summed E-state index contributed by atoms with van der Waals surface area (Å²) in [5.41, 5.74) is 0.632. The van der Waals surface area contributed by atoms with E-state index < -0.39 is 0 Å². The van der Waals surface area contributed by atoms with Gasteiger partial charge in [-0.15, -0.1) is 11.6 Å². The minimum Gasteiger partial charge on any atom is -0.310 e. The summed E-state index contributed by atoms with van der Waals surface area (Å²) in [4.78, 5) is 0. The summed E-state index contributed by atoms with van der Waals surface area (Å²) in [5.74, 6) is 0. The van der Waals surface area contributed by atoms with E-state index in [2.05, 4.69) is 6.92 Å². The first-order valence-corrected chi connectivity index (χ1v) is 3.10. The molecule has 47 valence electrons. The minimum absolute atomic E-state index is 0.0873. The first-order chi connectivity index (χ1) is 3.66. The van der Waals surface area contributed by atoms with Gasteiger partial charge in [-0.2, -0.15) is 0 Å². The third kappa shape index (κ3) is 4.13. The molecule has 0 spiro atoms. The summed E-state index contributed by atoms with van der Waals surface area (Å²) >= 11 is 5.58. The minimum atomic E-state index is 0.0873. The van der Waals surface area contributed by atoms with Crippen LogP contribution in [0.5, 0.6) is 0 Å². The summed E-state index contributed by atoms with van der Waals surface area (Å²) < 4.78 is 0. The van der Waals surface area contributed by atoms with E-state index in [-0.39, 0.29) is 5.38 Å². The Morgan fingerprint density at radius 1 is 1.88 bits per heavy atom. The molecule has 0 rings (SSSR count). The van der Waals surface area contributed by atoms with E-state index in [1.165, 1.54) is 0 Å². The molecule has 0 bridgehead atoms. The van der Waals surface area contributed by atoms with Gasteiger partial charge in [-0.25, -0.2) is 0 Å². The first kappa shape index (κ1) is 7.96. The molecule has 2 heteroatoms. The number of alkyl halides is 1. The van der Waals surface area contributed by atoms with Crippen LogP contribution in [0.15, 0.2) is 0 Å². The average molecular weight is 133 g/mol. The van der Waals surface area contributed by atoms with Crippen LogP contribution in [0.4, 0.5) is 0 Å². The van der Waals surface area contributed by atoms with Crippen molar-refractivity contribution < 1.29 is 0 Å². The second-order valence-corrected chi connectivity index (χ2v) is 2.58. The van der Waals surface area contributed by atoms with Crippen LogP contribution in [0.1, 0.15) is 19.8 Å². The van der Waals surface area contributed by atoms with E-state index in [9.17, 15) is 0 Å². The maximum absolute atomic E-state index is 7.12. The molecule has 0 fully saturated rings. The first-order valence-electron chi connectivity index (χ1n) is 2.66. The van der Waals surface area contributed by atoms with Crippen molar-refractivity contribution in [3.8, 4) is 0 Å². The molecule has 1 radical (unpaired) electrons. The smallest absolute Gasteiger partial charge is 0.0359 e. The van der Waals surface area contributed by atoms with Crippen molar-refractivity contribution >= 4 is 17.3 Å². The van der Waals surface area contributed by atoms with Crippen molar-refractivity contribution in [1.82, 2.24) is 0 Å². The van der Waals surface area contributed by atoms with Gasteiger partial charge in [0, 0.05) is 17.5 Å². The van der Waals surface area contributed by atoms with Crippen LogP contribution in [-0.4, -0.2) is 11.1 Å². The van der Waals surface area contributed by atoms with Gasteiger partial charge in [0.15, 0.2) is 0 Å². The fourth-order valence-electron chi connectivity index (χ4n) is 0.442. The molecule has 0 saturated carbocycles. The number of nitrogens with one attached hydrogen (secondary N) is 1. The molecule has 1 nitrogen and oxygen atoms in total. The Balaban J connectivity index is 3.25. The maximum atomic E-state index is 7.12. The maximum Gasteiger partial charge on any atom is 0.0359 e. The molecule has 0 aliphatic heterocycles. The molecule has 0 aliphatic carbocycles. The fourth-order valence-corrected chi connectivity index (χ4v) is 0.628. The van der Waals surface area contributed by atoms with E-state index in [0.29, 0.717) is 18.6 Å². The van der Waals surface area contributed by atoms with E-state index in [0.717, 1.165) is 0 Å². The Labute approximate surface area is 55.6 Å². The van der Waals surface area contributed by atoms with Gasteiger partial charge in [-0.1, -0.05) is 0 Å².